The molecular formula is C13H13BrFN3. The predicted octanol–water partition coefficient (Wildman–Crippen LogP) is 2.88. The molecular weight excluding hydrogens is 297 g/mol. The third-order valence-electron chi connectivity index (χ3n) is 2.76. The molecule has 0 saturated heterocycles. The highest BCUT2D eigenvalue weighted by Gasteiger charge is 2.11. The predicted molar refractivity (Wildman–Crippen MR) is 71.6 cm³/mol. The standard InChI is InChI=1S/C13H13BrFN3/c1-16-13(10-6-17-8-18-7-10)5-9-2-3-12(15)11(14)4-9/h2-4,6-8,13,16H,5H2,1H3. The van der Waals surface area contributed by atoms with Gasteiger partial charge in [0, 0.05) is 24.0 Å². The van der Waals surface area contributed by atoms with E-state index in [-0.39, 0.29) is 11.9 Å². The highest BCUT2D eigenvalue weighted by Crippen LogP contribution is 2.21. The second kappa shape index (κ2) is 6.02. The maximum atomic E-state index is 13.2. The van der Waals surface area contributed by atoms with E-state index in [0.29, 0.717) is 4.47 Å². The van der Waals surface area contributed by atoms with Crippen LogP contribution in [0, 0.1) is 5.82 Å². The molecule has 1 atom stereocenters. The fraction of sp³-hybridized carbons (Fsp3) is 0.231. The van der Waals surface area contributed by atoms with Gasteiger partial charge in [-0.3, -0.25) is 0 Å². The number of benzene rings is 1. The minimum Gasteiger partial charge on any atom is -0.313 e. The minimum absolute atomic E-state index is 0.114. The molecule has 2 rings (SSSR count). The summed E-state index contributed by atoms with van der Waals surface area (Å²) in [6, 6.07) is 5.16. The number of halogens is 2. The smallest absolute Gasteiger partial charge is 0.137 e. The van der Waals surface area contributed by atoms with Crippen LogP contribution < -0.4 is 5.32 Å². The van der Waals surface area contributed by atoms with Crippen molar-refractivity contribution in [2.24, 2.45) is 0 Å². The Hall–Kier alpha value is -1.33. The van der Waals surface area contributed by atoms with E-state index in [9.17, 15) is 4.39 Å². The van der Waals surface area contributed by atoms with Gasteiger partial charge in [0.1, 0.15) is 12.1 Å². The van der Waals surface area contributed by atoms with Crippen molar-refractivity contribution in [3.63, 3.8) is 0 Å². The van der Waals surface area contributed by atoms with Crippen LogP contribution in [0.3, 0.4) is 0 Å². The zero-order valence-electron chi connectivity index (χ0n) is 9.90. The van der Waals surface area contributed by atoms with Gasteiger partial charge in [0.25, 0.3) is 0 Å². The highest BCUT2D eigenvalue weighted by molar-refractivity contribution is 9.10. The van der Waals surface area contributed by atoms with Gasteiger partial charge >= 0.3 is 0 Å². The van der Waals surface area contributed by atoms with Crippen LogP contribution in [0.15, 0.2) is 41.4 Å². The number of aromatic nitrogens is 2. The largest absolute Gasteiger partial charge is 0.313 e. The van der Waals surface area contributed by atoms with Gasteiger partial charge in [0.15, 0.2) is 0 Å². The molecule has 0 radical (unpaired) electrons. The second-order valence-corrected chi connectivity index (χ2v) is 4.82. The Morgan fingerprint density at radius 3 is 2.67 bits per heavy atom. The molecule has 0 bridgehead atoms. The molecule has 1 aromatic heterocycles. The van der Waals surface area contributed by atoms with E-state index in [1.807, 2.05) is 7.05 Å². The lowest BCUT2D eigenvalue weighted by Gasteiger charge is -2.16. The molecule has 0 saturated carbocycles. The van der Waals surface area contributed by atoms with Gasteiger partial charge in [0.05, 0.1) is 4.47 Å². The Labute approximate surface area is 114 Å². The topological polar surface area (TPSA) is 37.8 Å². The summed E-state index contributed by atoms with van der Waals surface area (Å²) in [5.74, 6) is -0.247. The fourth-order valence-corrected chi connectivity index (χ4v) is 2.21. The van der Waals surface area contributed by atoms with Gasteiger partial charge in [-0.05, 0) is 47.1 Å². The van der Waals surface area contributed by atoms with E-state index in [1.54, 1.807) is 24.5 Å². The molecule has 1 unspecified atom stereocenters. The van der Waals surface area contributed by atoms with Crippen molar-refractivity contribution in [2.75, 3.05) is 7.05 Å². The highest BCUT2D eigenvalue weighted by atomic mass is 79.9. The van der Waals surface area contributed by atoms with Crippen molar-refractivity contribution in [3.05, 3.63) is 58.3 Å². The summed E-state index contributed by atoms with van der Waals surface area (Å²) in [7, 11) is 1.89. The molecule has 1 aromatic carbocycles. The van der Waals surface area contributed by atoms with Crippen molar-refractivity contribution in [2.45, 2.75) is 12.5 Å². The third-order valence-corrected chi connectivity index (χ3v) is 3.36. The van der Waals surface area contributed by atoms with Crippen LogP contribution in [-0.2, 0) is 6.42 Å². The van der Waals surface area contributed by atoms with Crippen molar-refractivity contribution in [3.8, 4) is 0 Å². The lowest BCUT2D eigenvalue weighted by atomic mass is 10.0. The summed E-state index contributed by atoms with van der Waals surface area (Å²) in [6.45, 7) is 0. The quantitative estimate of drug-likeness (QED) is 0.943. The molecule has 2 aromatic rings. The molecule has 0 aliphatic heterocycles. The van der Waals surface area contributed by atoms with Crippen LogP contribution in [0.2, 0.25) is 0 Å². The monoisotopic (exact) mass is 309 g/mol. The van der Waals surface area contributed by atoms with Crippen molar-refractivity contribution in [1.82, 2.24) is 15.3 Å². The molecule has 0 aliphatic carbocycles. The first kappa shape index (κ1) is 13.1. The molecule has 94 valence electrons. The average molecular weight is 310 g/mol. The Balaban J connectivity index is 2.18. The summed E-state index contributed by atoms with van der Waals surface area (Å²) in [5, 5.41) is 3.21. The summed E-state index contributed by atoms with van der Waals surface area (Å²) >= 11 is 3.19. The first-order chi connectivity index (χ1) is 8.70. The molecule has 0 aliphatic rings. The summed E-state index contributed by atoms with van der Waals surface area (Å²) < 4.78 is 13.6. The maximum absolute atomic E-state index is 13.2. The molecule has 0 fully saturated rings. The van der Waals surface area contributed by atoms with Gasteiger partial charge in [-0.2, -0.15) is 0 Å². The third kappa shape index (κ3) is 3.11. The van der Waals surface area contributed by atoms with Crippen LogP contribution >= 0.6 is 15.9 Å². The van der Waals surface area contributed by atoms with Crippen molar-refractivity contribution < 1.29 is 4.39 Å². The van der Waals surface area contributed by atoms with Gasteiger partial charge in [-0.15, -0.1) is 0 Å². The van der Waals surface area contributed by atoms with Gasteiger partial charge in [-0.25, -0.2) is 14.4 Å². The number of rotatable bonds is 4. The van der Waals surface area contributed by atoms with Gasteiger partial charge < -0.3 is 5.32 Å². The van der Waals surface area contributed by atoms with E-state index < -0.39 is 0 Å². The van der Waals surface area contributed by atoms with Gasteiger partial charge in [0.2, 0.25) is 0 Å². The zero-order chi connectivity index (χ0) is 13.0. The van der Waals surface area contributed by atoms with Crippen LogP contribution in [0.5, 0.6) is 0 Å². The molecule has 5 heteroatoms. The van der Waals surface area contributed by atoms with E-state index in [2.05, 4.69) is 31.2 Å². The van der Waals surface area contributed by atoms with E-state index in [4.69, 9.17) is 0 Å². The maximum Gasteiger partial charge on any atom is 0.137 e. The summed E-state index contributed by atoms with van der Waals surface area (Å²) in [5.41, 5.74) is 2.06. The van der Waals surface area contributed by atoms with Crippen LogP contribution in [0.1, 0.15) is 17.2 Å². The average Bonchev–Trinajstić information content (AvgIpc) is 2.41. The molecule has 0 amide bonds. The Morgan fingerprint density at radius 1 is 1.33 bits per heavy atom. The zero-order valence-corrected chi connectivity index (χ0v) is 11.5. The van der Waals surface area contributed by atoms with Crippen molar-refractivity contribution >= 4 is 15.9 Å². The number of likely N-dealkylation sites (N-methyl/N-ethyl adjacent to an activating group) is 1. The number of nitrogens with zero attached hydrogens (tertiary/aromatic N) is 2. The Morgan fingerprint density at radius 2 is 2.06 bits per heavy atom. The van der Waals surface area contributed by atoms with Crippen LogP contribution in [-0.4, -0.2) is 17.0 Å². The first-order valence-electron chi connectivity index (χ1n) is 5.57. The molecule has 1 heterocycles. The number of hydrogen-bond acceptors (Lipinski definition) is 3. The lowest BCUT2D eigenvalue weighted by Crippen LogP contribution is -2.19. The summed E-state index contributed by atoms with van der Waals surface area (Å²) in [6.07, 6.45) is 5.83. The number of hydrogen-bond donors (Lipinski definition) is 1. The first-order valence-corrected chi connectivity index (χ1v) is 6.36. The van der Waals surface area contributed by atoms with E-state index in [1.165, 1.54) is 12.4 Å². The Bertz CT molecular complexity index is 519. The molecule has 0 spiro atoms. The summed E-state index contributed by atoms with van der Waals surface area (Å²) in [4.78, 5) is 8.01. The minimum atomic E-state index is -0.247. The SMILES string of the molecule is CNC(Cc1ccc(F)c(Br)c1)c1cncnc1. The van der Waals surface area contributed by atoms with E-state index >= 15 is 0 Å². The second-order valence-electron chi connectivity index (χ2n) is 3.97. The normalized spacial score (nSPS) is 12.4. The lowest BCUT2D eigenvalue weighted by molar-refractivity contribution is 0.583. The van der Waals surface area contributed by atoms with E-state index in [0.717, 1.165) is 17.5 Å². The molecule has 3 nitrogen and oxygen atoms in total. The Kier molecular flexibility index (Phi) is 4.38. The van der Waals surface area contributed by atoms with Crippen LogP contribution in [0.25, 0.3) is 0 Å². The van der Waals surface area contributed by atoms with Crippen LogP contribution in [0.4, 0.5) is 4.39 Å². The van der Waals surface area contributed by atoms with Gasteiger partial charge in [-0.1, -0.05) is 6.07 Å². The fourth-order valence-electron chi connectivity index (χ4n) is 1.78. The number of nitrogens with one attached hydrogen (secondary N) is 1. The molecule has 1 N–H and O–H groups in total. The molecule has 18 heavy (non-hydrogen) atoms. The van der Waals surface area contributed by atoms with Crippen molar-refractivity contribution in [1.29, 1.82) is 0 Å².